The topological polar surface area (TPSA) is 108 Å². The zero-order valence-corrected chi connectivity index (χ0v) is 20.1. The van der Waals surface area contributed by atoms with Gasteiger partial charge in [0.05, 0.1) is 22.9 Å². The highest BCUT2D eigenvalue weighted by Gasteiger charge is 2.30. The molecule has 5 rings (SSSR count). The Kier molecular flexibility index (Phi) is 5.35. The Labute approximate surface area is 197 Å². The lowest BCUT2D eigenvalue weighted by Gasteiger charge is -2.22. The number of nitrogens with one attached hydrogen (secondary N) is 1. The number of pyridine rings is 1. The number of rotatable bonds is 4. The normalized spacial score (nSPS) is 19.0. The zero-order valence-electron chi connectivity index (χ0n) is 19.3. The number of carbonyl (C=O) groups excluding carboxylic acids is 1. The fourth-order valence-electron chi connectivity index (χ4n) is 4.58. The standard InChI is InChI=1S/C24H27N5O4S/c1-24(2,3)33-23(30)27-16-9-10-17(13-16)28-15-26-20-14-25-22-19(21(20)28)11-12-29(22)34(31,32)18-7-5-4-6-8-18/h4-8,11-12,14-17H,9-10,13H2,1-3H3,(H,27,30)/t16-,17-/m1/s1. The number of aromatic nitrogens is 4. The third kappa shape index (κ3) is 4.02. The number of carbonyl (C=O) groups is 1. The molecule has 9 nitrogen and oxygen atoms in total. The van der Waals surface area contributed by atoms with E-state index in [1.54, 1.807) is 48.9 Å². The summed E-state index contributed by atoms with van der Waals surface area (Å²) in [6.07, 6.45) is 6.92. The van der Waals surface area contributed by atoms with Gasteiger partial charge in [0, 0.05) is 23.7 Å². The van der Waals surface area contributed by atoms with Crippen molar-refractivity contribution in [3.63, 3.8) is 0 Å². The summed E-state index contributed by atoms with van der Waals surface area (Å²) in [5.41, 5.74) is 1.36. The average molecular weight is 482 g/mol. The minimum Gasteiger partial charge on any atom is -0.444 e. The Morgan fingerprint density at radius 1 is 1.12 bits per heavy atom. The number of benzene rings is 1. The van der Waals surface area contributed by atoms with Crippen LogP contribution in [-0.4, -0.2) is 44.7 Å². The molecule has 1 fully saturated rings. The van der Waals surface area contributed by atoms with E-state index in [9.17, 15) is 13.2 Å². The Morgan fingerprint density at radius 2 is 1.88 bits per heavy atom. The van der Waals surface area contributed by atoms with E-state index in [-0.39, 0.29) is 17.0 Å². The van der Waals surface area contributed by atoms with Crippen molar-refractivity contribution in [1.29, 1.82) is 0 Å². The number of alkyl carbamates (subject to hydrolysis) is 1. The minimum absolute atomic E-state index is 0.00214. The van der Waals surface area contributed by atoms with E-state index >= 15 is 0 Å². The van der Waals surface area contributed by atoms with Gasteiger partial charge < -0.3 is 14.6 Å². The fraction of sp³-hybridized carbons (Fsp3) is 0.375. The van der Waals surface area contributed by atoms with Gasteiger partial charge in [-0.15, -0.1) is 0 Å². The van der Waals surface area contributed by atoms with Gasteiger partial charge in [-0.05, 0) is 58.2 Å². The predicted molar refractivity (Wildman–Crippen MR) is 128 cm³/mol. The second kappa shape index (κ2) is 8.12. The maximum Gasteiger partial charge on any atom is 0.407 e. The summed E-state index contributed by atoms with van der Waals surface area (Å²) in [5, 5.41) is 3.68. The molecule has 34 heavy (non-hydrogen) atoms. The number of imidazole rings is 1. The van der Waals surface area contributed by atoms with Crippen LogP contribution in [0.15, 0.2) is 60.0 Å². The Balaban J connectivity index is 1.47. The van der Waals surface area contributed by atoms with E-state index in [0.717, 1.165) is 30.2 Å². The molecule has 0 aliphatic heterocycles. The summed E-state index contributed by atoms with van der Waals surface area (Å²) < 4.78 is 35.1. The minimum atomic E-state index is -3.78. The Bertz CT molecular complexity index is 1470. The Morgan fingerprint density at radius 3 is 2.62 bits per heavy atom. The van der Waals surface area contributed by atoms with Crippen LogP contribution in [0, 0.1) is 0 Å². The molecule has 1 saturated carbocycles. The molecule has 2 atom stereocenters. The van der Waals surface area contributed by atoms with Crippen molar-refractivity contribution >= 4 is 38.2 Å². The first kappa shape index (κ1) is 22.4. The molecule has 1 aromatic carbocycles. The fourth-order valence-corrected chi connectivity index (χ4v) is 5.90. The van der Waals surface area contributed by atoms with Crippen LogP contribution < -0.4 is 5.32 Å². The molecular weight excluding hydrogens is 454 g/mol. The molecule has 3 heterocycles. The lowest BCUT2D eigenvalue weighted by Crippen LogP contribution is -2.38. The maximum atomic E-state index is 13.2. The van der Waals surface area contributed by atoms with Gasteiger partial charge in [0.25, 0.3) is 10.0 Å². The molecule has 178 valence electrons. The van der Waals surface area contributed by atoms with E-state index in [4.69, 9.17) is 4.74 Å². The molecule has 1 N–H and O–H groups in total. The number of hydrogen-bond donors (Lipinski definition) is 1. The van der Waals surface area contributed by atoms with Crippen LogP contribution in [0.4, 0.5) is 4.79 Å². The van der Waals surface area contributed by atoms with Crippen molar-refractivity contribution in [2.24, 2.45) is 0 Å². The van der Waals surface area contributed by atoms with E-state index in [1.807, 2.05) is 20.8 Å². The van der Waals surface area contributed by atoms with Gasteiger partial charge in [-0.2, -0.15) is 0 Å². The van der Waals surface area contributed by atoms with E-state index in [0.29, 0.717) is 11.2 Å². The van der Waals surface area contributed by atoms with Gasteiger partial charge in [-0.25, -0.2) is 27.2 Å². The van der Waals surface area contributed by atoms with Gasteiger partial charge in [-0.3, -0.25) is 0 Å². The second-order valence-corrected chi connectivity index (χ2v) is 11.4. The molecular formula is C24H27N5O4S. The average Bonchev–Trinajstić information content (AvgIpc) is 3.50. The van der Waals surface area contributed by atoms with Crippen molar-refractivity contribution < 1.29 is 17.9 Å². The maximum absolute atomic E-state index is 13.2. The number of nitrogens with zero attached hydrogens (tertiary/aromatic N) is 4. The first-order valence-electron chi connectivity index (χ1n) is 11.3. The molecule has 0 unspecified atom stereocenters. The second-order valence-electron chi connectivity index (χ2n) is 9.62. The van der Waals surface area contributed by atoms with Crippen LogP contribution in [-0.2, 0) is 14.8 Å². The highest BCUT2D eigenvalue weighted by molar-refractivity contribution is 7.90. The molecule has 10 heteroatoms. The summed E-state index contributed by atoms with van der Waals surface area (Å²) in [6, 6.07) is 10.2. The molecule has 0 spiro atoms. The van der Waals surface area contributed by atoms with Crippen molar-refractivity contribution in [3.8, 4) is 0 Å². The van der Waals surface area contributed by atoms with E-state index < -0.39 is 21.7 Å². The van der Waals surface area contributed by atoms with E-state index in [2.05, 4.69) is 19.9 Å². The SMILES string of the molecule is CC(C)(C)OC(=O)N[C@@H]1CC[C@@H](n2cnc3cnc4c(ccn4S(=O)(=O)c4ccccc4)c32)C1. The van der Waals surface area contributed by atoms with Crippen LogP contribution in [0.5, 0.6) is 0 Å². The summed E-state index contributed by atoms with van der Waals surface area (Å²) >= 11 is 0. The highest BCUT2D eigenvalue weighted by atomic mass is 32.2. The monoisotopic (exact) mass is 481 g/mol. The molecule has 1 aliphatic rings. The van der Waals surface area contributed by atoms with Gasteiger partial charge in [0.2, 0.25) is 0 Å². The largest absolute Gasteiger partial charge is 0.444 e. The summed E-state index contributed by atoms with van der Waals surface area (Å²) in [4.78, 5) is 21.3. The van der Waals surface area contributed by atoms with Crippen LogP contribution in [0.2, 0.25) is 0 Å². The van der Waals surface area contributed by atoms with Crippen molar-refractivity contribution in [2.75, 3.05) is 0 Å². The molecule has 0 radical (unpaired) electrons. The lowest BCUT2D eigenvalue weighted by molar-refractivity contribution is 0.0505. The quantitative estimate of drug-likeness (QED) is 0.467. The Hall–Kier alpha value is -3.40. The number of hydrogen-bond acceptors (Lipinski definition) is 6. The zero-order chi connectivity index (χ0) is 24.1. The summed E-state index contributed by atoms with van der Waals surface area (Å²) in [5.74, 6) is 0. The van der Waals surface area contributed by atoms with Crippen molar-refractivity contribution in [3.05, 3.63) is 55.1 Å². The molecule has 3 aromatic heterocycles. The van der Waals surface area contributed by atoms with Gasteiger partial charge in [0.1, 0.15) is 11.1 Å². The lowest BCUT2D eigenvalue weighted by atomic mass is 10.2. The summed E-state index contributed by atoms with van der Waals surface area (Å²) in [7, 11) is -3.78. The van der Waals surface area contributed by atoms with Crippen LogP contribution in [0.1, 0.15) is 46.1 Å². The van der Waals surface area contributed by atoms with Crippen LogP contribution in [0.25, 0.3) is 22.1 Å². The number of fused-ring (bicyclic) bond motifs is 3. The molecule has 0 bridgehead atoms. The molecule has 0 saturated heterocycles. The van der Waals surface area contributed by atoms with Crippen LogP contribution in [0.3, 0.4) is 0 Å². The molecule has 4 aromatic rings. The highest BCUT2D eigenvalue weighted by Crippen LogP contribution is 2.35. The summed E-state index contributed by atoms with van der Waals surface area (Å²) in [6.45, 7) is 5.52. The van der Waals surface area contributed by atoms with Gasteiger partial charge >= 0.3 is 6.09 Å². The van der Waals surface area contributed by atoms with Crippen molar-refractivity contribution in [1.82, 2.24) is 23.8 Å². The third-order valence-corrected chi connectivity index (χ3v) is 7.71. The van der Waals surface area contributed by atoms with E-state index in [1.165, 1.54) is 10.2 Å². The van der Waals surface area contributed by atoms with Crippen molar-refractivity contribution in [2.45, 2.75) is 62.6 Å². The van der Waals surface area contributed by atoms with Crippen LogP contribution >= 0.6 is 0 Å². The first-order valence-corrected chi connectivity index (χ1v) is 12.7. The van der Waals surface area contributed by atoms with Gasteiger partial charge in [0.15, 0.2) is 5.65 Å². The molecule has 1 amide bonds. The number of ether oxygens (including phenoxy) is 1. The third-order valence-electron chi connectivity index (χ3n) is 6.03. The van der Waals surface area contributed by atoms with Gasteiger partial charge in [-0.1, -0.05) is 18.2 Å². The molecule has 1 aliphatic carbocycles. The number of amides is 1. The predicted octanol–water partition coefficient (Wildman–Crippen LogP) is 4.24. The smallest absolute Gasteiger partial charge is 0.407 e. The first-order chi connectivity index (χ1) is 16.1.